The molecule has 0 N–H and O–H groups in total. The van der Waals surface area contributed by atoms with E-state index in [0.717, 1.165) is 5.57 Å². The minimum absolute atomic E-state index is 0.147. The van der Waals surface area contributed by atoms with Crippen LogP contribution in [0.4, 0.5) is 0 Å². The smallest absolute Gasteiger partial charge is 0.259 e. The Morgan fingerprint density at radius 2 is 2.17 bits per heavy atom. The van der Waals surface area contributed by atoms with Crippen LogP contribution in [-0.4, -0.2) is 47.2 Å². The van der Waals surface area contributed by atoms with Crippen LogP contribution >= 0.6 is 0 Å². The predicted molar refractivity (Wildman–Crippen MR) is 65.2 cm³/mol. The highest BCUT2D eigenvalue weighted by molar-refractivity contribution is 6.07. The number of carbonyl (C=O) groups excluding carboxylic acids is 2. The molecule has 4 atom stereocenters. The summed E-state index contributed by atoms with van der Waals surface area (Å²) in [4.78, 5) is 30.0. The molecule has 3 heterocycles. The molecule has 3 aliphatic heterocycles. The fraction of sp³-hybridized carbons (Fsp3) is 0.615. The molecule has 2 fully saturated rings. The van der Waals surface area contributed by atoms with Crippen molar-refractivity contribution in [3.05, 3.63) is 11.6 Å². The number of hydrogen-bond donors (Lipinski definition) is 0. The Kier molecular flexibility index (Phi) is 2.26. The van der Waals surface area contributed by atoms with Crippen LogP contribution in [0.15, 0.2) is 16.6 Å². The van der Waals surface area contributed by atoms with E-state index < -0.39 is 17.6 Å². The molecule has 0 spiro atoms. The lowest BCUT2D eigenvalue weighted by molar-refractivity contribution is -0.145. The van der Waals surface area contributed by atoms with E-state index >= 15 is 0 Å². The van der Waals surface area contributed by atoms with Crippen molar-refractivity contribution >= 4 is 18.0 Å². The van der Waals surface area contributed by atoms with Crippen molar-refractivity contribution in [3.8, 4) is 0 Å². The minimum Gasteiger partial charge on any atom is -0.355 e. The number of imide groups is 1. The summed E-state index contributed by atoms with van der Waals surface area (Å²) in [5.74, 6) is -0.821. The summed E-state index contributed by atoms with van der Waals surface area (Å²) in [5.41, 5.74) is 0.375. The maximum absolute atomic E-state index is 12.2. The lowest BCUT2D eigenvalue weighted by atomic mass is 9.85. The molecule has 96 valence electrons. The molecule has 18 heavy (non-hydrogen) atoms. The number of rotatable bonds is 1. The van der Waals surface area contributed by atoms with Gasteiger partial charge in [0.1, 0.15) is 5.60 Å². The molecular weight excluding hydrogens is 232 g/mol. The van der Waals surface area contributed by atoms with Crippen LogP contribution in [0, 0.1) is 5.92 Å². The number of allylic oxidation sites excluding steroid dienone is 1. The fourth-order valence-corrected chi connectivity index (χ4v) is 3.21. The summed E-state index contributed by atoms with van der Waals surface area (Å²) in [6.07, 6.45) is 3.05. The first-order valence-corrected chi connectivity index (χ1v) is 6.23. The normalized spacial score (nSPS) is 42.1. The number of likely N-dealkylation sites (tertiary alicyclic amines) is 1. The molecule has 0 aromatic rings. The molecule has 3 aliphatic rings. The van der Waals surface area contributed by atoms with Gasteiger partial charge in [-0.2, -0.15) is 0 Å². The predicted octanol–water partition coefficient (Wildman–Crippen LogP) is 0.548. The van der Waals surface area contributed by atoms with Gasteiger partial charge in [0.2, 0.25) is 5.91 Å². The summed E-state index contributed by atoms with van der Waals surface area (Å²) in [5, 5.41) is 0. The van der Waals surface area contributed by atoms with E-state index in [1.807, 2.05) is 19.9 Å². The number of amides is 2. The Hall–Kier alpha value is -1.49. The van der Waals surface area contributed by atoms with Gasteiger partial charge < -0.3 is 4.74 Å². The van der Waals surface area contributed by atoms with E-state index in [-0.39, 0.29) is 17.9 Å². The monoisotopic (exact) mass is 248 g/mol. The second kappa shape index (κ2) is 3.51. The molecule has 0 unspecified atom stereocenters. The zero-order valence-corrected chi connectivity index (χ0v) is 10.7. The number of nitrogens with zero attached hydrogens (tertiary/aromatic N) is 2. The Balaban J connectivity index is 2.01. The highest BCUT2D eigenvalue weighted by Crippen LogP contribution is 2.45. The van der Waals surface area contributed by atoms with Crippen molar-refractivity contribution < 1.29 is 14.3 Å². The molecule has 5 nitrogen and oxygen atoms in total. The van der Waals surface area contributed by atoms with Crippen molar-refractivity contribution in [2.24, 2.45) is 10.9 Å². The molecule has 3 rings (SSSR count). The number of hydrogen-bond acceptors (Lipinski definition) is 4. The number of dihydropyridines is 1. The standard InChI is InChI=1S/C13H16N2O3/c1-4-15-11(16)8-9(12(15)17)18-13(3)5-7(2)6-14-10(8)13/h5-6,8-10H,4H2,1-3H3/t8-,9-,10-,13-/m0/s1. The van der Waals surface area contributed by atoms with Crippen molar-refractivity contribution in [2.75, 3.05) is 6.54 Å². The fourth-order valence-electron chi connectivity index (χ4n) is 3.21. The third-order valence-electron chi connectivity index (χ3n) is 3.96. The summed E-state index contributed by atoms with van der Waals surface area (Å²) in [6, 6.07) is -0.279. The summed E-state index contributed by atoms with van der Waals surface area (Å²) < 4.78 is 5.86. The highest BCUT2D eigenvalue weighted by atomic mass is 16.5. The van der Waals surface area contributed by atoms with Crippen LogP contribution in [0.1, 0.15) is 20.8 Å². The molecule has 5 heteroatoms. The van der Waals surface area contributed by atoms with E-state index in [2.05, 4.69) is 4.99 Å². The SMILES string of the molecule is CCN1C(=O)[C@H]2[C@H](O[C@@]3(C)C=C(C)C=N[C@@H]23)C1=O. The molecule has 0 aliphatic carbocycles. The third kappa shape index (κ3) is 1.28. The first-order chi connectivity index (χ1) is 8.48. The largest absolute Gasteiger partial charge is 0.355 e. The number of aliphatic imine (C=N–C) groups is 1. The van der Waals surface area contributed by atoms with Crippen LogP contribution < -0.4 is 0 Å². The lowest BCUT2D eigenvalue weighted by Gasteiger charge is -2.30. The van der Waals surface area contributed by atoms with E-state index in [0.29, 0.717) is 6.54 Å². The Labute approximate surface area is 106 Å². The minimum atomic E-state index is -0.660. The molecule has 2 saturated heterocycles. The number of ether oxygens (including phenoxy) is 1. The van der Waals surface area contributed by atoms with Gasteiger partial charge in [0.25, 0.3) is 5.91 Å². The van der Waals surface area contributed by atoms with E-state index in [1.165, 1.54) is 4.90 Å². The third-order valence-corrected chi connectivity index (χ3v) is 3.96. The van der Waals surface area contributed by atoms with Gasteiger partial charge in [-0.3, -0.25) is 19.5 Å². The van der Waals surface area contributed by atoms with Crippen LogP contribution in [0.25, 0.3) is 0 Å². The van der Waals surface area contributed by atoms with Gasteiger partial charge in [-0.25, -0.2) is 0 Å². The van der Waals surface area contributed by atoms with E-state index in [9.17, 15) is 9.59 Å². The van der Waals surface area contributed by atoms with Gasteiger partial charge in [0.05, 0.1) is 12.0 Å². The average Bonchev–Trinajstić information content (AvgIpc) is 2.71. The maximum Gasteiger partial charge on any atom is 0.259 e. The zero-order valence-electron chi connectivity index (χ0n) is 10.7. The van der Waals surface area contributed by atoms with Crippen LogP contribution in [0.2, 0.25) is 0 Å². The molecule has 2 amide bonds. The van der Waals surface area contributed by atoms with Crippen molar-refractivity contribution in [2.45, 2.75) is 38.5 Å². The van der Waals surface area contributed by atoms with Crippen LogP contribution in [0.5, 0.6) is 0 Å². The molecule has 0 aromatic heterocycles. The van der Waals surface area contributed by atoms with Crippen LogP contribution in [-0.2, 0) is 14.3 Å². The Bertz CT molecular complexity index is 496. The lowest BCUT2D eigenvalue weighted by Crippen LogP contribution is -2.43. The molecule has 0 saturated carbocycles. The maximum atomic E-state index is 12.2. The topological polar surface area (TPSA) is 59.0 Å². The second-order valence-corrected chi connectivity index (χ2v) is 5.28. The first-order valence-electron chi connectivity index (χ1n) is 6.23. The molecular formula is C13H16N2O3. The number of likely N-dealkylation sites (N-methyl/N-ethyl adjacent to an activating group) is 1. The Morgan fingerprint density at radius 1 is 1.44 bits per heavy atom. The number of carbonyl (C=O) groups is 2. The van der Waals surface area contributed by atoms with Gasteiger partial charge in [0.15, 0.2) is 6.10 Å². The summed E-state index contributed by atoms with van der Waals surface area (Å²) in [7, 11) is 0. The van der Waals surface area contributed by atoms with Crippen LogP contribution in [0.3, 0.4) is 0 Å². The molecule has 0 radical (unpaired) electrons. The molecule has 0 bridgehead atoms. The van der Waals surface area contributed by atoms with Gasteiger partial charge in [0, 0.05) is 12.8 Å². The summed E-state index contributed by atoms with van der Waals surface area (Å²) >= 11 is 0. The van der Waals surface area contributed by atoms with E-state index in [1.54, 1.807) is 13.1 Å². The van der Waals surface area contributed by atoms with Gasteiger partial charge in [-0.1, -0.05) is 0 Å². The van der Waals surface area contributed by atoms with Gasteiger partial charge >= 0.3 is 0 Å². The quantitative estimate of drug-likeness (QED) is 0.637. The Morgan fingerprint density at radius 3 is 2.83 bits per heavy atom. The highest BCUT2D eigenvalue weighted by Gasteiger charge is 2.63. The van der Waals surface area contributed by atoms with Crippen molar-refractivity contribution in [3.63, 3.8) is 0 Å². The number of fused-ring (bicyclic) bond motifs is 3. The second-order valence-electron chi connectivity index (χ2n) is 5.28. The van der Waals surface area contributed by atoms with E-state index in [4.69, 9.17) is 4.74 Å². The van der Waals surface area contributed by atoms with Crippen molar-refractivity contribution in [1.82, 2.24) is 4.90 Å². The zero-order chi connectivity index (χ0) is 13.1. The average molecular weight is 248 g/mol. The summed E-state index contributed by atoms with van der Waals surface area (Å²) in [6.45, 7) is 6.03. The van der Waals surface area contributed by atoms with Gasteiger partial charge in [-0.05, 0) is 32.4 Å². The van der Waals surface area contributed by atoms with Gasteiger partial charge in [-0.15, -0.1) is 0 Å². The van der Waals surface area contributed by atoms with Crippen molar-refractivity contribution in [1.29, 1.82) is 0 Å². The first kappa shape index (κ1) is 11.6. The molecule has 0 aromatic carbocycles.